The highest BCUT2D eigenvalue weighted by Crippen LogP contribution is 2.21. The van der Waals surface area contributed by atoms with Gasteiger partial charge < -0.3 is 9.84 Å². The van der Waals surface area contributed by atoms with Crippen LogP contribution < -0.4 is 5.32 Å². The lowest BCUT2D eigenvalue weighted by Gasteiger charge is -2.36. The molecule has 136 valence electrons. The minimum atomic E-state index is 0.113. The van der Waals surface area contributed by atoms with E-state index in [-0.39, 0.29) is 17.9 Å². The maximum atomic E-state index is 11.9. The average molecular weight is 337 g/mol. The zero-order valence-electron chi connectivity index (χ0n) is 15.6. The average Bonchev–Trinajstić information content (AvgIpc) is 3.03. The molecule has 1 N–H and O–H groups in total. The van der Waals surface area contributed by atoms with Gasteiger partial charge in [0.1, 0.15) is 0 Å². The highest BCUT2D eigenvalue weighted by molar-refractivity contribution is 5.78. The number of hydrogen-bond donors (Lipinski definition) is 1. The van der Waals surface area contributed by atoms with E-state index in [0.29, 0.717) is 18.4 Å². The maximum Gasteiger partial charge on any atom is 0.243 e. The van der Waals surface area contributed by atoms with Gasteiger partial charge in [0, 0.05) is 38.6 Å². The highest BCUT2D eigenvalue weighted by Gasteiger charge is 2.26. The first kappa shape index (κ1) is 18.9. The van der Waals surface area contributed by atoms with Gasteiger partial charge >= 0.3 is 0 Å². The quantitative estimate of drug-likeness (QED) is 0.815. The van der Waals surface area contributed by atoms with E-state index in [1.54, 1.807) is 0 Å². The smallest absolute Gasteiger partial charge is 0.243 e. The topological polar surface area (TPSA) is 74.5 Å². The van der Waals surface area contributed by atoms with E-state index in [2.05, 4.69) is 59.9 Å². The molecule has 0 saturated carbocycles. The first-order chi connectivity index (χ1) is 11.4. The molecule has 0 unspecified atom stereocenters. The molecule has 2 heterocycles. The molecule has 1 aromatic rings. The second-order valence-corrected chi connectivity index (χ2v) is 7.33. The zero-order valence-corrected chi connectivity index (χ0v) is 15.6. The molecule has 0 bridgehead atoms. The predicted octanol–water partition coefficient (Wildman–Crippen LogP) is 1.64. The van der Waals surface area contributed by atoms with E-state index in [1.807, 2.05) is 0 Å². The molecule has 7 heteroatoms. The van der Waals surface area contributed by atoms with Crippen molar-refractivity contribution in [3.63, 3.8) is 0 Å². The van der Waals surface area contributed by atoms with Gasteiger partial charge in [0.15, 0.2) is 5.82 Å². The van der Waals surface area contributed by atoms with Crippen molar-refractivity contribution < 1.29 is 9.32 Å². The van der Waals surface area contributed by atoms with Crippen molar-refractivity contribution in [1.29, 1.82) is 0 Å². The molecule has 1 amide bonds. The van der Waals surface area contributed by atoms with Gasteiger partial charge in [0.05, 0.1) is 12.6 Å². The van der Waals surface area contributed by atoms with Crippen LogP contribution in [0, 0.1) is 5.92 Å². The third-order valence-electron chi connectivity index (χ3n) is 4.36. The first-order valence-electron chi connectivity index (χ1n) is 8.93. The summed E-state index contributed by atoms with van der Waals surface area (Å²) >= 11 is 0. The SMILES string of the molecule is CC(C)CNC(=O)CN1CCN([C@H](C)c2nc(C(C)C)no2)CC1. The van der Waals surface area contributed by atoms with E-state index in [1.165, 1.54) is 0 Å². The summed E-state index contributed by atoms with van der Waals surface area (Å²) < 4.78 is 5.41. The maximum absolute atomic E-state index is 11.9. The van der Waals surface area contributed by atoms with E-state index in [4.69, 9.17) is 4.52 Å². The molecule has 0 spiro atoms. The van der Waals surface area contributed by atoms with Crippen LogP contribution in [0.4, 0.5) is 0 Å². The number of nitrogens with one attached hydrogen (secondary N) is 1. The van der Waals surface area contributed by atoms with Crippen LogP contribution in [0.5, 0.6) is 0 Å². The number of nitrogens with zero attached hydrogens (tertiary/aromatic N) is 4. The summed E-state index contributed by atoms with van der Waals surface area (Å²) in [5.41, 5.74) is 0. The lowest BCUT2D eigenvalue weighted by molar-refractivity contribution is -0.122. The van der Waals surface area contributed by atoms with Crippen LogP contribution in [-0.4, -0.2) is 65.1 Å². The third kappa shape index (κ3) is 5.27. The molecule has 1 aliphatic rings. The number of carbonyl (C=O) groups excluding carboxylic acids is 1. The molecule has 24 heavy (non-hydrogen) atoms. The Morgan fingerprint density at radius 1 is 1.17 bits per heavy atom. The molecule has 7 nitrogen and oxygen atoms in total. The Morgan fingerprint density at radius 3 is 2.38 bits per heavy atom. The Balaban J connectivity index is 1.78. The van der Waals surface area contributed by atoms with Gasteiger partial charge in [0.25, 0.3) is 0 Å². The molecular weight excluding hydrogens is 306 g/mol. The summed E-state index contributed by atoms with van der Waals surface area (Å²) in [5, 5.41) is 7.02. The van der Waals surface area contributed by atoms with Gasteiger partial charge in [-0.3, -0.25) is 14.6 Å². The summed E-state index contributed by atoms with van der Waals surface area (Å²) in [6.45, 7) is 15.2. The Kier molecular flexibility index (Phi) is 6.74. The van der Waals surface area contributed by atoms with Crippen LogP contribution in [-0.2, 0) is 4.79 Å². The van der Waals surface area contributed by atoms with Gasteiger partial charge in [0.2, 0.25) is 11.8 Å². The van der Waals surface area contributed by atoms with E-state index in [0.717, 1.165) is 38.5 Å². The number of rotatable bonds is 7. The van der Waals surface area contributed by atoms with Crippen LogP contribution >= 0.6 is 0 Å². The Morgan fingerprint density at radius 2 is 1.83 bits per heavy atom. The van der Waals surface area contributed by atoms with Crippen molar-refractivity contribution >= 4 is 5.91 Å². The van der Waals surface area contributed by atoms with Crippen molar-refractivity contribution in [3.8, 4) is 0 Å². The number of carbonyl (C=O) groups is 1. The van der Waals surface area contributed by atoms with Crippen LogP contribution in [0.25, 0.3) is 0 Å². The van der Waals surface area contributed by atoms with E-state index in [9.17, 15) is 4.79 Å². The van der Waals surface area contributed by atoms with Gasteiger partial charge in [-0.1, -0.05) is 32.9 Å². The van der Waals surface area contributed by atoms with Crippen LogP contribution in [0.3, 0.4) is 0 Å². The predicted molar refractivity (Wildman–Crippen MR) is 92.7 cm³/mol. The van der Waals surface area contributed by atoms with Crippen molar-refractivity contribution in [2.75, 3.05) is 39.3 Å². The van der Waals surface area contributed by atoms with Gasteiger partial charge in [-0.2, -0.15) is 4.98 Å². The molecule has 1 atom stereocenters. The van der Waals surface area contributed by atoms with E-state index < -0.39 is 0 Å². The number of hydrogen-bond acceptors (Lipinski definition) is 6. The molecular formula is C17H31N5O2. The normalized spacial score (nSPS) is 18.3. The van der Waals surface area contributed by atoms with Gasteiger partial charge in [-0.15, -0.1) is 0 Å². The second-order valence-electron chi connectivity index (χ2n) is 7.33. The molecule has 0 radical (unpaired) electrons. The van der Waals surface area contributed by atoms with Crippen LogP contribution in [0.15, 0.2) is 4.52 Å². The Hall–Kier alpha value is -1.47. The summed E-state index contributed by atoms with van der Waals surface area (Å²) in [7, 11) is 0. The number of amides is 1. The van der Waals surface area contributed by atoms with Crippen LogP contribution in [0.2, 0.25) is 0 Å². The lowest BCUT2D eigenvalue weighted by Crippen LogP contribution is -2.50. The number of piperazine rings is 1. The molecule has 1 fully saturated rings. The third-order valence-corrected chi connectivity index (χ3v) is 4.36. The molecule has 0 aliphatic carbocycles. The van der Waals surface area contributed by atoms with Crippen LogP contribution in [0.1, 0.15) is 58.3 Å². The summed E-state index contributed by atoms with van der Waals surface area (Å²) in [5.74, 6) is 2.32. The minimum Gasteiger partial charge on any atom is -0.355 e. The molecule has 1 aromatic heterocycles. The standard InChI is InChI=1S/C17H31N5O2/c1-12(2)10-18-15(23)11-21-6-8-22(9-7-21)14(5)17-19-16(13(3)4)20-24-17/h12-14H,6-11H2,1-5H3,(H,18,23)/t14-/m1/s1. The van der Waals surface area contributed by atoms with Crippen molar-refractivity contribution in [2.24, 2.45) is 5.92 Å². The monoisotopic (exact) mass is 337 g/mol. The Labute approximate surface area is 144 Å². The van der Waals surface area contributed by atoms with Gasteiger partial charge in [-0.05, 0) is 12.8 Å². The van der Waals surface area contributed by atoms with Crippen molar-refractivity contribution in [3.05, 3.63) is 11.7 Å². The highest BCUT2D eigenvalue weighted by atomic mass is 16.5. The summed E-state index contributed by atoms with van der Waals surface area (Å²) in [6, 6.07) is 0.113. The first-order valence-corrected chi connectivity index (χ1v) is 8.93. The minimum absolute atomic E-state index is 0.113. The lowest BCUT2D eigenvalue weighted by atomic mass is 10.2. The molecule has 1 saturated heterocycles. The molecule has 2 rings (SSSR count). The van der Waals surface area contributed by atoms with Gasteiger partial charge in [-0.25, -0.2) is 0 Å². The number of aromatic nitrogens is 2. The fourth-order valence-corrected chi connectivity index (χ4v) is 2.69. The zero-order chi connectivity index (χ0) is 17.7. The van der Waals surface area contributed by atoms with E-state index >= 15 is 0 Å². The summed E-state index contributed by atoms with van der Waals surface area (Å²) in [6.07, 6.45) is 0. The van der Waals surface area contributed by atoms with Crippen molar-refractivity contribution in [2.45, 2.75) is 46.6 Å². The second kappa shape index (κ2) is 8.58. The molecule has 0 aromatic carbocycles. The largest absolute Gasteiger partial charge is 0.355 e. The Bertz CT molecular complexity index is 521. The summed E-state index contributed by atoms with van der Waals surface area (Å²) in [4.78, 5) is 20.9. The fourth-order valence-electron chi connectivity index (χ4n) is 2.69. The molecule has 1 aliphatic heterocycles. The fraction of sp³-hybridized carbons (Fsp3) is 0.824. The van der Waals surface area contributed by atoms with Crippen molar-refractivity contribution in [1.82, 2.24) is 25.3 Å².